The van der Waals surface area contributed by atoms with Gasteiger partial charge in [0.15, 0.2) is 0 Å². The van der Waals surface area contributed by atoms with Crippen LogP contribution in [0.25, 0.3) is 0 Å². The van der Waals surface area contributed by atoms with Crippen LogP contribution in [0.1, 0.15) is 13.3 Å². The van der Waals surface area contributed by atoms with E-state index in [0.717, 1.165) is 13.0 Å². The molecule has 0 saturated carbocycles. The lowest BCUT2D eigenvalue weighted by molar-refractivity contribution is 0.0250. The minimum Gasteiger partial charge on any atom is -0.380 e. The first-order valence-corrected chi connectivity index (χ1v) is 4.76. The van der Waals surface area contributed by atoms with Crippen LogP contribution < -0.4 is 0 Å². The number of methoxy groups -OCH3 is 1. The predicted molar refractivity (Wildman–Crippen MR) is 52.1 cm³/mol. The first kappa shape index (κ1) is 10.4. The van der Waals surface area contributed by atoms with E-state index in [1.807, 2.05) is 0 Å². The molecule has 1 fully saturated rings. The van der Waals surface area contributed by atoms with Crippen molar-refractivity contribution in [3.63, 3.8) is 0 Å². The van der Waals surface area contributed by atoms with Crippen LogP contribution in [0.15, 0.2) is 0 Å². The molecule has 1 saturated heterocycles. The third-order valence-corrected chi connectivity index (χ3v) is 3.08. The van der Waals surface area contributed by atoms with Gasteiger partial charge in [0.25, 0.3) is 0 Å². The maximum absolute atomic E-state index is 5.39. The van der Waals surface area contributed by atoms with Crippen molar-refractivity contribution in [2.24, 2.45) is 0 Å². The quantitative estimate of drug-likeness (QED) is 0.619. The fourth-order valence-corrected chi connectivity index (χ4v) is 2.09. The lowest BCUT2D eigenvalue weighted by Gasteiger charge is -2.28. The van der Waals surface area contributed by atoms with Crippen molar-refractivity contribution in [3.05, 3.63) is 0 Å². The molecule has 0 aliphatic carbocycles. The highest BCUT2D eigenvalue weighted by Crippen LogP contribution is 2.23. The second-order valence-electron chi connectivity index (χ2n) is 3.38. The number of nitrogens with zero attached hydrogens (tertiary/aromatic N) is 1. The van der Waals surface area contributed by atoms with Gasteiger partial charge in [0.05, 0.1) is 18.2 Å². The Balaban J connectivity index is 2.56. The van der Waals surface area contributed by atoms with E-state index in [-0.39, 0.29) is 6.10 Å². The standard InChI is InChI=1S/C8H18NO2P/c1-6(11-12)8-7(10-3)4-5-9(8)2/h6-8H,4-5,12H2,1-3H3. The minimum absolute atomic E-state index is 0.215. The summed E-state index contributed by atoms with van der Waals surface area (Å²) in [5, 5.41) is 0. The van der Waals surface area contributed by atoms with Gasteiger partial charge in [-0.15, -0.1) is 0 Å². The number of likely N-dealkylation sites (tertiary alicyclic amines) is 1. The van der Waals surface area contributed by atoms with Crippen molar-refractivity contribution >= 4 is 9.47 Å². The average Bonchev–Trinajstić information content (AvgIpc) is 2.45. The molecule has 0 radical (unpaired) electrons. The van der Waals surface area contributed by atoms with Gasteiger partial charge in [0, 0.05) is 23.1 Å². The molecule has 0 amide bonds. The van der Waals surface area contributed by atoms with Crippen LogP contribution in [0, 0.1) is 0 Å². The molecule has 1 rings (SSSR count). The Labute approximate surface area is 76.7 Å². The Morgan fingerprint density at radius 1 is 1.58 bits per heavy atom. The molecule has 4 unspecified atom stereocenters. The summed E-state index contributed by atoms with van der Waals surface area (Å²) in [6.07, 6.45) is 1.65. The van der Waals surface area contributed by atoms with E-state index in [9.17, 15) is 0 Å². The van der Waals surface area contributed by atoms with E-state index in [0.29, 0.717) is 12.1 Å². The monoisotopic (exact) mass is 191 g/mol. The molecule has 3 nitrogen and oxygen atoms in total. The van der Waals surface area contributed by atoms with Crippen LogP contribution >= 0.6 is 9.47 Å². The zero-order chi connectivity index (χ0) is 9.14. The molecule has 4 heteroatoms. The zero-order valence-corrected chi connectivity index (χ0v) is 9.14. The predicted octanol–water partition coefficient (Wildman–Crippen LogP) is 0.901. The average molecular weight is 191 g/mol. The Bertz CT molecular complexity index is 145. The highest BCUT2D eigenvalue weighted by atomic mass is 31.0. The smallest absolute Gasteiger partial charge is 0.0763 e. The fraction of sp³-hybridized carbons (Fsp3) is 1.00. The molecule has 0 N–H and O–H groups in total. The van der Waals surface area contributed by atoms with Crippen molar-refractivity contribution in [2.75, 3.05) is 20.7 Å². The molecule has 4 atom stereocenters. The third-order valence-electron chi connectivity index (χ3n) is 2.65. The fourth-order valence-electron chi connectivity index (χ4n) is 1.93. The first-order chi connectivity index (χ1) is 5.70. The summed E-state index contributed by atoms with van der Waals surface area (Å²) in [5.41, 5.74) is 0. The van der Waals surface area contributed by atoms with E-state index in [4.69, 9.17) is 9.26 Å². The Morgan fingerprint density at radius 2 is 2.25 bits per heavy atom. The second kappa shape index (κ2) is 4.52. The van der Waals surface area contributed by atoms with Crippen LogP contribution in [-0.4, -0.2) is 43.9 Å². The van der Waals surface area contributed by atoms with Crippen molar-refractivity contribution in [1.29, 1.82) is 0 Å². The zero-order valence-electron chi connectivity index (χ0n) is 7.99. The number of rotatable bonds is 3. The second-order valence-corrected chi connectivity index (χ2v) is 3.65. The molecule has 0 aromatic heterocycles. The van der Waals surface area contributed by atoms with Gasteiger partial charge in [-0.1, -0.05) is 0 Å². The van der Waals surface area contributed by atoms with E-state index in [1.165, 1.54) is 0 Å². The summed E-state index contributed by atoms with van der Waals surface area (Å²) < 4.78 is 10.6. The summed E-state index contributed by atoms with van der Waals surface area (Å²) >= 11 is 0. The number of ether oxygens (including phenoxy) is 1. The largest absolute Gasteiger partial charge is 0.380 e. The van der Waals surface area contributed by atoms with Crippen LogP contribution in [0.2, 0.25) is 0 Å². The molecule has 72 valence electrons. The molecular formula is C8H18NO2P. The number of likely N-dealkylation sites (N-methyl/N-ethyl adjacent to an activating group) is 1. The Hall–Kier alpha value is 0.310. The SMILES string of the molecule is COC1CCN(C)C1C(C)OP. The lowest BCUT2D eigenvalue weighted by Crippen LogP contribution is -2.42. The van der Waals surface area contributed by atoms with Crippen molar-refractivity contribution in [1.82, 2.24) is 4.90 Å². The van der Waals surface area contributed by atoms with Crippen LogP contribution in [0.5, 0.6) is 0 Å². The van der Waals surface area contributed by atoms with Gasteiger partial charge in [-0.25, -0.2) is 0 Å². The van der Waals surface area contributed by atoms with Gasteiger partial charge in [-0.2, -0.15) is 0 Å². The van der Waals surface area contributed by atoms with Gasteiger partial charge in [0.1, 0.15) is 0 Å². The number of hydrogen-bond donors (Lipinski definition) is 0. The van der Waals surface area contributed by atoms with E-state index in [1.54, 1.807) is 7.11 Å². The normalized spacial score (nSPS) is 34.0. The topological polar surface area (TPSA) is 21.7 Å². The van der Waals surface area contributed by atoms with Gasteiger partial charge in [0.2, 0.25) is 0 Å². The molecular weight excluding hydrogens is 173 g/mol. The molecule has 0 spiro atoms. The highest BCUT2D eigenvalue weighted by molar-refractivity contribution is 7.09. The number of hydrogen-bond acceptors (Lipinski definition) is 3. The summed E-state index contributed by atoms with van der Waals surface area (Å²) in [4.78, 5) is 2.29. The molecule has 0 bridgehead atoms. The van der Waals surface area contributed by atoms with Crippen LogP contribution in [-0.2, 0) is 9.26 Å². The van der Waals surface area contributed by atoms with Crippen molar-refractivity contribution in [3.8, 4) is 0 Å². The Morgan fingerprint density at radius 3 is 2.75 bits per heavy atom. The third kappa shape index (κ3) is 1.97. The van der Waals surface area contributed by atoms with Crippen LogP contribution in [0.3, 0.4) is 0 Å². The molecule has 1 aliphatic rings. The maximum Gasteiger partial charge on any atom is 0.0763 e. The summed E-state index contributed by atoms with van der Waals surface area (Å²) in [5.74, 6) is 0. The maximum atomic E-state index is 5.39. The van der Waals surface area contributed by atoms with Gasteiger partial charge in [-0.3, -0.25) is 4.90 Å². The van der Waals surface area contributed by atoms with E-state index in [2.05, 4.69) is 28.3 Å². The van der Waals surface area contributed by atoms with Gasteiger partial charge >= 0.3 is 0 Å². The summed E-state index contributed by atoms with van der Waals surface area (Å²) in [6.45, 7) is 3.17. The molecule has 1 heterocycles. The van der Waals surface area contributed by atoms with Gasteiger partial charge < -0.3 is 9.26 Å². The molecule has 0 aromatic carbocycles. The summed E-state index contributed by atoms with van der Waals surface area (Å²) in [6, 6.07) is 0.396. The van der Waals surface area contributed by atoms with Gasteiger partial charge in [-0.05, 0) is 20.4 Å². The highest BCUT2D eigenvalue weighted by Gasteiger charge is 2.35. The summed E-state index contributed by atoms with van der Waals surface area (Å²) in [7, 11) is 6.20. The van der Waals surface area contributed by atoms with Crippen LogP contribution in [0.4, 0.5) is 0 Å². The van der Waals surface area contributed by atoms with Crippen molar-refractivity contribution in [2.45, 2.75) is 31.6 Å². The van der Waals surface area contributed by atoms with E-state index >= 15 is 0 Å². The molecule has 0 aromatic rings. The van der Waals surface area contributed by atoms with E-state index < -0.39 is 0 Å². The lowest BCUT2D eigenvalue weighted by atomic mass is 10.1. The van der Waals surface area contributed by atoms with Crippen molar-refractivity contribution < 1.29 is 9.26 Å². The molecule has 1 aliphatic heterocycles. The Kier molecular flexibility index (Phi) is 3.91. The first-order valence-electron chi connectivity index (χ1n) is 4.29. The minimum atomic E-state index is 0.215. The molecule has 12 heavy (non-hydrogen) atoms.